The van der Waals surface area contributed by atoms with Crippen molar-refractivity contribution in [2.45, 2.75) is 33.3 Å². The maximum absolute atomic E-state index is 9.46. The third-order valence-electron chi connectivity index (χ3n) is 3.20. The molecule has 3 heteroatoms. The van der Waals surface area contributed by atoms with Gasteiger partial charge in [0.1, 0.15) is 11.5 Å². The van der Waals surface area contributed by atoms with Crippen LogP contribution in [-0.2, 0) is 6.61 Å². The summed E-state index contributed by atoms with van der Waals surface area (Å²) in [5.74, 6) is 1.91. The number of halogens is 1. The molecule has 0 heterocycles. The summed E-state index contributed by atoms with van der Waals surface area (Å²) in [4.78, 5) is 0. The number of aryl methyl sites for hydroxylation is 1. The fraction of sp³-hybridized carbons (Fsp3) is 0.294. The third-order valence-corrected chi connectivity index (χ3v) is 3.69. The number of hydrogen-bond donors (Lipinski definition) is 1. The molecule has 2 aromatic carbocycles. The van der Waals surface area contributed by atoms with Crippen LogP contribution in [0.2, 0.25) is 0 Å². The quantitative estimate of drug-likeness (QED) is 0.836. The Bertz CT molecular complexity index is 606. The lowest BCUT2D eigenvalue weighted by Gasteiger charge is -2.16. The molecule has 0 saturated carbocycles. The van der Waals surface area contributed by atoms with Gasteiger partial charge in [0, 0.05) is 10.0 Å². The van der Waals surface area contributed by atoms with Gasteiger partial charge in [-0.15, -0.1) is 0 Å². The molecule has 0 fully saturated rings. The van der Waals surface area contributed by atoms with Crippen LogP contribution in [-0.4, -0.2) is 5.11 Å². The van der Waals surface area contributed by atoms with Crippen molar-refractivity contribution in [3.63, 3.8) is 0 Å². The number of hydrogen-bond acceptors (Lipinski definition) is 2. The van der Waals surface area contributed by atoms with Gasteiger partial charge in [-0.25, -0.2) is 0 Å². The van der Waals surface area contributed by atoms with E-state index in [1.807, 2.05) is 37.3 Å². The first kappa shape index (κ1) is 15.1. The smallest absolute Gasteiger partial charge is 0.132 e. The molecule has 2 rings (SSSR count). The van der Waals surface area contributed by atoms with Crippen molar-refractivity contribution >= 4 is 15.9 Å². The topological polar surface area (TPSA) is 29.5 Å². The predicted molar refractivity (Wildman–Crippen MR) is 85.4 cm³/mol. The van der Waals surface area contributed by atoms with Crippen LogP contribution < -0.4 is 4.74 Å². The van der Waals surface area contributed by atoms with Crippen LogP contribution in [0.4, 0.5) is 0 Å². The van der Waals surface area contributed by atoms with Crippen molar-refractivity contribution in [1.29, 1.82) is 0 Å². The number of aliphatic hydroxyl groups excluding tert-OH is 1. The van der Waals surface area contributed by atoms with E-state index in [4.69, 9.17) is 4.74 Å². The van der Waals surface area contributed by atoms with Crippen molar-refractivity contribution in [3.8, 4) is 11.5 Å². The van der Waals surface area contributed by atoms with E-state index in [9.17, 15) is 5.11 Å². The lowest BCUT2D eigenvalue weighted by atomic mass is 10.0. The number of benzene rings is 2. The molecular weight excluding hydrogens is 316 g/mol. The van der Waals surface area contributed by atoms with E-state index in [1.165, 1.54) is 0 Å². The molecule has 0 saturated heterocycles. The van der Waals surface area contributed by atoms with Crippen molar-refractivity contribution in [2.75, 3.05) is 0 Å². The summed E-state index contributed by atoms with van der Waals surface area (Å²) in [5, 5.41) is 9.46. The summed E-state index contributed by atoms with van der Waals surface area (Å²) in [5.41, 5.74) is 3.06. The summed E-state index contributed by atoms with van der Waals surface area (Å²) in [6.07, 6.45) is 0. The molecule has 0 unspecified atom stereocenters. The van der Waals surface area contributed by atoms with Crippen molar-refractivity contribution < 1.29 is 9.84 Å². The Kier molecular flexibility index (Phi) is 4.84. The van der Waals surface area contributed by atoms with Crippen LogP contribution in [0.1, 0.15) is 36.5 Å². The van der Waals surface area contributed by atoms with E-state index in [1.54, 1.807) is 0 Å². The molecule has 106 valence electrons. The Labute approximate surface area is 128 Å². The highest BCUT2D eigenvalue weighted by Gasteiger charge is 2.11. The van der Waals surface area contributed by atoms with E-state index >= 15 is 0 Å². The van der Waals surface area contributed by atoms with Gasteiger partial charge in [0.05, 0.1) is 6.61 Å². The Morgan fingerprint density at radius 3 is 2.45 bits per heavy atom. The molecular formula is C17H19BrO2. The normalized spacial score (nSPS) is 10.9. The van der Waals surface area contributed by atoms with Crippen LogP contribution >= 0.6 is 15.9 Å². The van der Waals surface area contributed by atoms with Gasteiger partial charge in [0.25, 0.3) is 0 Å². The molecule has 0 aliphatic carbocycles. The van der Waals surface area contributed by atoms with Crippen LogP contribution in [0.3, 0.4) is 0 Å². The summed E-state index contributed by atoms with van der Waals surface area (Å²) in [7, 11) is 0. The van der Waals surface area contributed by atoms with Gasteiger partial charge in [-0.1, -0.05) is 47.5 Å². The zero-order chi connectivity index (χ0) is 14.7. The van der Waals surface area contributed by atoms with Gasteiger partial charge < -0.3 is 9.84 Å². The Morgan fingerprint density at radius 2 is 1.80 bits per heavy atom. The summed E-state index contributed by atoms with van der Waals surface area (Å²) < 4.78 is 7.06. The van der Waals surface area contributed by atoms with Gasteiger partial charge in [-0.2, -0.15) is 0 Å². The summed E-state index contributed by atoms with van der Waals surface area (Å²) in [6.45, 7) is 6.25. The van der Waals surface area contributed by atoms with Gasteiger partial charge in [-0.05, 0) is 42.7 Å². The minimum Gasteiger partial charge on any atom is -0.457 e. The maximum Gasteiger partial charge on any atom is 0.132 e. The Balaban J connectivity index is 2.39. The van der Waals surface area contributed by atoms with E-state index in [0.29, 0.717) is 11.7 Å². The van der Waals surface area contributed by atoms with E-state index in [0.717, 1.165) is 26.9 Å². The summed E-state index contributed by atoms with van der Waals surface area (Å²) >= 11 is 3.49. The van der Waals surface area contributed by atoms with E-state index < -0.39 is 0 Å². The van der Waals surface area contributed by atoms with Crippen molar-refractivity contribution in [3.05, 3.63) is 57.6 Å². The summed E-state index contributed by atoms with van der Waals surface area (Å²) in [6, 6.07) is 11.8. The minimum absolute atomic E-state index is 0.0233. The van der Waals surface area contributed by atoms with Crippen LogP contribution in [0.5, 0.6) is 11.5 Å². The lowest BCUT2D eigenvalue weighted by Crippen LogP contribution is -1.97. The fourth-order valence-corrected chi connectivity index (χ4v) is 2.49. The van der Waals surface area contributed by atoms with E-state index in [-0.39, 0.29) is 6.61 Å². The molecule has 0 aromatic heterocycles. The van der Waals surface area contributed by atoms with Crippen LogP contribution in [0, 0.1) is 6.92 Å². The van der Waals surface area contributed by atoms with Gasteiger partial charge >= 0.3 is 0 Å². The van der Waals surface area contributed by atoms with Crippen molar-refractivity contribution in [1.82, 2.24) is 0 Å². The highest BCUT2D eigenvalue weighted by Crippen LogP contribution is 2.34. The molecule has 0 spiro atoms. The van der Waals surface area contributed by atoms with Crippen LogP contribution in [0.25, 0.3) is 0 Å². The number of ether oxygens (including phenoxy) is 1. The largest absolute Gasteiger partial charge is 0.457 e. The second-order valence-electron chi connectivity index (χ2n) is 5.21. The molecule has 0 atom stereocenters. The van der Waals surface area contributed by atoms with Gasteiger partial charge in [0.15, 0.2) is 0 Å². The maximum atomic E-state index is 9.46. The molecule has 2 aromatic rings. The fourth-order valence-electron chi connectivity index (χ4n) is 2.11. The van der Waals surface area contributed by atoms with Crippen LogP contribution in [0.15, 0.2) is 40.9 Å². The Hall–Kier alpha value is -1.32. The second kappa shape index (κ2) is 6.42. The predicted octanol–water partition coefficient (Wildman–Crippen LogP) is 5.17. The number of rotatable bonds is 4. The SMILES string of the molecule is Cc1ccc(Oc2ccc(Br)cc2C(C)C)c(CO)c1. The second-order valence-corrected chi connectivity index (χ2v) is 6.12. The molecule has 0 aliphatic rings. The molecule has 0 bridgehead atoms. The monoisotopic (exact) mass is 334 g/mol. The van der Waals surface area contributed by atoms with Gasteiger partial charge in [0.2, 0.25) is 0 Å². The molecule has 0 radical (unpaired) electrons. The molecule has 2 nitrogen and oxygen atoms in total. The van der Waals surface area contributed by atoms with Gasteiger partial charge in [-0.3, -0.25) is 0 Å². The standard InChI is InChI=1S/C17H19BrO2/c1-11(2)15-9-14(18)5-7-17(15)20-16-6-4-12(3)8-13(16)10-19/h4-9,11,19H,10H2,1-3H3. The zero-order valence-electron chi connectivity index (χ0n) is 12.0. The molecule has 0 aliphatic heterocycles. The number of aliphatic hydroxyl groups is 1. The minimum atomic E-state index is -0.0233. The third kappa shape index (κ3) is 3.41. The van der Waals surface area contributed by atoms with E-state index in [2.05, 4.69) is 35.8 Å². The first-order valence-corrected chi connectivity index (χ1v) is 7.48. The average molecular weight is 335 g/mol. The first-order chi connectivity index (χ1) is 9.51. The molecule has 0 amide bonds. The highest BCUT2D eigenvalue weighted by molar-refractivity contribution is 9.10. The Morgan fingerprint density at radius 1 is 1.10 bits per heavy atom. The van der Waals surface area contributed by atoms with Crippen molar-refractivity contribution in [2.24, 2.45) is 0 Å². The average Bonchev–Trinajstić information content (AvgIpc) is 2.42. The lowest BCUT2D eigenvalue weighted by molar-refractivity contribution is 0.276. The highest BCUT2D eigenvalue weighted by atomic mass is 79.9. The zero-order valence-corrected chi connectivity index (χ0v) is 13.6. The molecule has 1 N–H and O–H groups in total. The first-order valence-electron chi connectivity index (χ1n) is 6.69. The molecule has 20 heavy (non-hydrogen) atoms.